The maximum Gasteiger partial charge on any atom is 0.303 e. The summed E-state index contributed by atoms with van der Waals surface area (Å²) in [6.07, 6.45) is -0.993. The van der Waals surface area contributed by atoms with Crippen molar-refractivity contribution in [2.45, 2.75) is 70.0 Å². The summed E-state index contributed by atoms with van der Waals surface area (Å²) in [5, 5.41) is 22.6. The highest BCUT2D eigenvalue weighted by molar-refractivity contribution is 9.12. The van der Waals surface area contributed by atoms with E-state index in [1.54, 1.807) is 6.92 Å². The van der Waals surface area contributed by atoms with E-state index in [1.165, 1.54) is 13.0 Å². The van der Waals surface area contributed by atoms with Crippen molar-refractivity contribution in [1.29, 1.82) is 0 Å². The van der Waals surface area contributed by atoms with E-state index in [-0.39, 0.29) is 35.7 Å². The van der Waals surface area contributed by atoms with Gasteiger partial charge >= 0.3 is 5.97 Å². The summed E-state index contributed by atoms with van der Waals surface area (Å²) in [4.78, 5) is 36.2. The predicted octanol–water partition coefficient (Wildman–Crippen LogP) is 2.89. The summed E-state index contributed by atoms with van der Waals surface area (Å²) < 4.78 is 37.3. The van der Waals surface area contributed by atoms with Crippen molar-refractivity contribution < 1.29 is 38.1 Å². The van der Waals surface area contributed by atoms with Crippen LogP contribution in [0, 0.1) is 22.7 Å². The van der Waals surface area contributed by atoms with Crippen molar-refractivity contribution in [3.63, 3.8) is 0 Å². The second-order valence-electron chi connectivity index (χ2n) is 10.1. The van der Waals surface area contributed by atoms with E-state index in [9.17, 15) is 24.6 Å². The van der Waals surface area contributed by atoms with E-state index >= 15 is 8.78 Å². The second kappa shape index (κ2) is 7.27. The number of aliphatic hydroxyl groups is 2. The normalized spacial score (nSPS) is 47.6. The Labute approximate surface area is 193 Å². The number of hydrogen-bond donors (Lipinski definition) is 2. The third-order valence-electron chi connectivity index (χ3n) is 8.71. The van der Waals surface area contributed by atoms with Crippen molar-refractivity contribution in [3.05, 3.63) is 22.2 Å². The Hall–Kier alpha value is -1.45. The highest BCUT2D eigenvalue weighted by atomic mass is 79.9. The second-order valence-corrected chi connectivity index (χ2v) is 10.9. The molecule has 3 fully saturated rings. The topological polar surface area (TPSA) is 101 Å². The van der Waals surface area contributed by atoms with Crippen molar-refractivity contribution >= 4 is 33.5 Å². The van der Waals surface area contributed by atoms with Gasteiger partial charge in [0, 0.05) is 23.7 Å². The van der Waals surface area contributed by atoms with Crippen LogP contribution in [0.4, 0.5) is 8.78 Å². The molecule has 0 amide bonds. The van der Waals surface area contributed by atoms with E-state index in [0.29, 0.717) is 0 Å². The molecule has 0 radical (unpaired) electrons. The van der Waals surface area contributed by atoms with Crippen LogP contribution >= 0.6 is 15.9 Å². The van der Waals surface area contributed by atoms with Gasteiger partial charge in [-0.25, -0.2) is 8.78 Å². The number of ether oxygens (including phenoxy) is 1. The number of aliphatic hydroxyl groups excluding tert-OH is 1. The van der Waals surface area contributed by atoms with Crippen LogP contribution < -0.4 is 0 Å². The summed E-state index contributed by atoms with van der Waals surface area (Å²) in [5.41, 5.74) is -7.02. The van der Waals surface area contributed by atoms with Crippen molar-refractivity contribution in [3.8, 4) is 0 Å². The lowest BCUT2D eigenvalue weighted by Gasteiger charge is -2.63. The van der Waals surface area contributed by atoms with Crippen molar-refractivity contribution in [2.24, 2.45) is 22.7 Å². The highest BCUT2D eigenvalue weighted by Crippen LogP contribution is 2.70. The molecule has 4 aliphatic rings. The number of carbonyl (C=O) groups excluding carboxylic acids is 3. The molecule has 9 heteroatoms. The van der Waals surface area contributed by atoms with Crippen LogP contribution in [0.1, 0.15) is 46.5 Å². The molecular weight excluding hydrogens is 490 g/mol. The quantitative estimate of drug-likeness (QED) is 0.559. The Kier molecular flexibility index (Phi) is 5.39. The van der Waals surface area contributed by atoms with Crippen LogP contribution in [-0.2, 0) is 19.1 Å². The smallest absolute Gasteiger partial charge is 0.303 e. The monoisotopic (exact) mass is 516 g/mol. The van der Waals surface area contributed by atoms with E-state index in [4.69, 9.17) is 4.74 Å². The van der Waals surface area contributed by atoms with Gasteiger partial charge in [0.25, 0.3) is 0 Å². The van der Waals surface area contributed by atoms with Crippen LogP contribution in [0.15, 0.2) is 22.2 Å². The number of ketones is 2. The number of Topliss-reactive ketones (excluding diaryl/α,β-unsaturated/α-hetero) is 1. The zero-order valence-electron chi connectivity index (χ0n) is 18.2. The minimum atomic E-state index is -2.30. The van der Waals surface area contributed by atoms with Crippen molar-refractivity contribution in [2.75, 3.05) is 6.61 Å². The Balaban J connectivity index is 1.77. The van der Waals surface area contributed by atoms with Gasteiger partial charge in [-0.2, -0.15) is 0 Å². The first-order chi connectivity index (χ1) is 14.7. The van der Waals surface area contributed by atoms with Gasteiger partial charge in [-0.1, -0.05) is 13.0 Å². The average molecular weight is 517 g/mol. The lowest BCUT2D eigenvalue weighted by atomic mass is 9.44. The fourth-order valence-corrected chi connectivity index (χ4v) is 7.58. The van der Waals surface area contributed by atoms with Gasteiger partial charge in [0.1, 0.15) is 11.8 Å². The molecule has 1 unspecified atom stereocenters. The van der Waals surface area contributed by atoms with E-state index < -0.39 is 70.4 Å². The molecule has 3 saturated carbocycles. The largest absolute Gasteiger partial charge is 0.458 e. The molecule has 0 aromatic carbocycles. The third kappa shape index (κ3) is 2.83. The van der Waals surface area contributed by atoms with E-state index in [0.717, 1.165) is 13.0 Å². The van der Waals surface area contributed by atoms with Crippen LogP contribution in [-0.4, -0.2) is 57.9 Å². The Morgan fingerprint density at radius 2 is 1.97 bits per heavy atom. The van der Waals surface area contributed by atoms with Gasteiger partial charge < -0.3 is 14.9 Å². The first-order valence-electron chi connectivity index (χ1n) is 10.8. The zero-order chi connectivity index (χ0) is 23.9. The summed E-state index contributed by atoms with van der Waals surface area (Å²) in [5.74, 6) is -3.42. The first-order valence-corrected chi connectivity index (χ1v) is 11.6. The fourth-order valence-electron chi connectivity index (χ4n) is 7.01. The number of rotatable bonds is 3. The SMILES string of the molecule is CC(=O)OCC(=O)[C@@]1(O)CC[C@H]2[C@@H]3C[C@@H](F)C4=CC(=O)C(Br)=C[C@]4(C)C3(F)[C@@H](O)C[C@@]21C. The molecule has 0 spiro atoms. The summed E-state index contributed by atoms with van der Waals surface area (Å²) in [6, 6.07) is 0. The lowest BCUT2D eigenvalue weighted by Crippen LogP contribution is -2.70. The standard InChI is InChI=1S/C23H27BrF2O6/c1-11(27)32-10-19(30)22(31)5-4-12-13-6-16(25)14-7-17(28)15(24)8-21(14,3)23(13,26)18(29)9-20(12,22)2/h7-8,12-13,16,18,29,31H,4-6,9-10H2,1-3H3/t12-,13-,16+,18-,20-,21-,22-,23?/m0/s1. The molecule has 0 aromatic rings. The van der Waals surface area contributed by atoms with Crippen molar-refractivity contribution in [1.82, 2.24) is 0 Å². The Morgan fingerprint density at radius 1 is 1.31 bits per heavy atom. The third-order valence-corrected chi connectivity index (χ3v) is 9.33. The number of allylic oxidation sites excluding steroid dienone is 4. The number of halogens is 3. The Bertz CT molecular complexity index is 964. The van der Waals surface area contributed by atoms with E-state index in [2.05, 4.69) is 15.9 Å². The molecule has 6 nitrogen and oxygen atoms in total. The van der Waals surface area contributed by atoms with Crippen LogP contribution in [0.5, 0.6) is 0 Å². The molecule has 8 atom stereocenters. The average Bonchev–Trinajstić information content (AvgIpc) is 2.96. The molecule has 0 heterocycles. The zero-order valence-corrected chi connectivity index (χ0v) is 19.7. The predicted molar refractivity (Wildman–Crippen MR) is 113 cm³/mol. The highest BCUT2D eigenvalue weighted by Gasteiger charge is 2.75. The molecule has 32 heavy (non-hydrogen) atoms. The molecule has 0 aliphatic heterocycles. The molecule has 0 saturated heterocycles. The molecule has 0 bridgehead atoms. The molecule has 4 rings (SSSR count). The fraction of sp³-hybridized carbons (Fsp3) is 0.696. The number of hydrogen-bond acceptors (Lipinski definition) is 6. The van der Waals surface area contributed by atoms with Gasteiger partial charge in [-0.05, 0) is 66.1 Å². The molecule has 2 N–H and O–H groups in total. The van der Waals surface area contributed by atoms with Crippen LogP contribution in [0.3, 0.4) is 0 Å². The van der Waals surface area contributed by atoms with Gasteiger partial charge in [-0.15, -0.1) is 0 Å². The van der Waals surface area contributed by atoms with Gasteiger partial charge in [0.15, 0.2) is 18.1 Å². The van der Waals surface area contributed by atoms with Crippen LogP contribution in [0.25, 0.3) is 0 Å². The molecule has 176 valence electrons. The minimum absolute atomic E-state index is 0.00193. The number of alkyl halides is 2. The minimum Gasteiger partial charge on any atom is -0.458 e. The number of fused-ring (bicyclic) bond motifs is 5. The summed E-state index contributed by atoms with van der Waals surface area (Å²) >= 11 is 3.13. The molecular formula is C23H27BrF2O6. The van der Waals surface area contributed by atoms with Crippen LogP contribution in [0.2, 0.25) is 0 Å². The number of carbonyl (C=O) groups is 3. The first kappa shape index (κ1) is 23.7. The molecule has 4 aliphatic carbocycles. The lowest BCUT2D eigenvalue weighted by molar-refractivity contribution is -0.222. The van der Waals surface area contributed by atoms with Gasteiger partial charge in [0.2, 0.25) is 5.78 Å². The summed E-state index contributed by atoms with van der Waals surface area (Å²) in [7, 11) is 0. The van der Waals surface area contributed by atoms with Gasteiger partial charge in [-0.3, -0.25) is 14.4 Å². The maximum absolute atomic E-state index is 17.0. The Morgan fingerprint density at radius 3 is 2.59 bits per heavy atom. The van der Waals surface area contributed by atoms with E-state index in [1.807, 2.05) is 0 Å². The van der Waals surface area contributed by atoms with Gasteiger partial charge in [0.05, 0.1) is 10.6 Å². The number of esters is 1. The summed E-state index contributed by atoms with van der Waals surface area (Å²) in [6.45, 7) is 3.64. The maximum atomic E-state index is 17.0. The molecule has 0 aromatic heterocycles.